The average Bonchev–Trinajstić information content (AvgIpc) is 3.26. The first kappa shape index (κ1) is 36.0. The molecule has 0 aliphatic carbocycles. The summed E-state index contributed by atoms with van der Waals surface area (Å²) in [6, 6.07) is 83.5. The molecule has 0 N–H and O–H groups in total. The molecular formula is C51H43P3. The predicted octanol–water partition coefficient (Wildman–Crippen LogP) is 11.3. The molecule has 0 amide bonds. The normalized spacial score (nSPS) is 11.3. The second-order valence-electron chi connectivity index (χ2n) is 13.4. The number of benzene rings is 8. The Morgan fingerprint density at radius 3 is 0.852 bits per heavy atom. The zero-order chi connectivity index (χ0) is 36.4. The maximum absolute atomic E-state index is 2.49. The Kier molecular flexibility index (Phi) is 12.0. The van der Waals surface area contributed by atoms with Gasteiger partial charge in [-0.25, -0.2) is 0 Å². The third kappa shape index (κ3) is 8.55. The van der Waals surface area contributed by atoms with Gasteiger partial charge >= 0.3 is 0 Å². The molecule has 262 valence electrons. The molecule has 3 heteroatoms. The molecule has 0 aromatic heterocycles. The van der Waals surface area contributed by atoms with Crippen molar-refractivity contribution in [2.24, 2.45) is 0 Å². The SMILES string of the molecule is c1ccc(-c2ccc(CP(c3ccccc3)c3ccccc3)c(CP(c3ccccc3)c3ccccc3)c2CP(c2ccccc2)c2ccccc2)cc1. The molecule has 54 heavy (non-hydrogen) atoms. The van der Waals surface area contributed by atoms with Crippen LogP contribution in [-0.4, -0.2) is 0 Å². The van der Waals surface area contributed by atoms with Crippen LogP contribution < -0.4 is 31.8 Å². The smallest absolute Gasteiger partial charge is 0.00166 e. The van der Waals surface area contributed by atoms with E-state index in [4.69, 9.17) is 0 Å². The van der Waals surface area contributed by atoms with Crippen LogP contribution in [0.5, 0.6) is 0 Å². The fourth-order valence-electron chi connectivity index (χ4n) is 7.28. The third-order valence-electron chi connectivity index (χ3n) is 9.98. The highest BCUT2D eigenvalue weighted by Crippen LogP contribution is 2.49. The highest BCUT2D eigenvalue weighted by atomic mass is 31.1. The Labute approximate surface area is 324 Å². The summed E-state index contributed by atoms with van der Waals surface area (Å²) in [5, 5.41) is 8.51. The molecule has 8 aromatic carbocycles. The van der Waals surface area contributed by atoms with Crippen LogP contribution in [0.3, 0.4) is 0 Å². The van der Waals surface area contributed by atoms with Crippen molar-refractivity contribution < 1.29 is 0 Å². The highest BCUT2D eigenvalue weighted by Gasteiger charge is 2.26. The molecule has 0 fully saturated rings. The largest absolute Gasteiger partial charge is 0.0622 e. The van der Waals surface area contributed by atoms with E-state index in [1.54, 1.807) is 0 Å². The lowest BCUT2D eigenvalue weighted by molar-refractivity contribution is 1.20. The van der Waals surface area contributed by atoms with Crippen molar-refractivity contribution in [2.75, 3.05) is 0 Å². The summed E-state index contributed by atoms with van der Waals surface area (Å²) in [5.41, 5.74) is 7.13. The van der Waals surface area contributed by atoms with Crippen LogP contribution in [0, 0.1) is 0 Å². The van der Waals surface area contributed by atoms with Crippen LogP contribution in [0.1, 0.15) is 16.7 Å². The van der Waals surface area contributed by atoms with Gasteiger partial charge in [0.05, 0.1) is 0 Å². The molecule has 0 saturated carbocycles. The molecule has 0 nitrogen and oxygen atoms in total. The summed E-state index contributed by atoms with van der Waals surface area (Å²) in [4.78, 5) is 0. The maximum Gasteiger partial charge on any atom is 0.00166 e. The molecule has 0 bridgehead atoms. The molecule has 8 rings (SSSR count). The van der Waals surface area contributed by atoms with Gasteiger partial charge in [-0.3, -0.25) is 0 Å². The van der Waals surface area contributed by atoms with Gasteiger partial charge in [-0.2, -0.15) is 0 Å². The van der Waals surface area contributed by atoms with Crippen LogP contribution in [-0.2, 0) is 18.5 Å². The number of rotatable bonds is 13. The minimum atomic E-state index is -0.693. The van der Waals surface area contributed by atoms with Crippen LogP contribution >= 0.6 is 23.8 Å². The van der Waals surface area contributed by atoms with Gasteiger partial charge in [-0.05, 0) is 83.4 Å². The molecule has 0 spiro atoms. The lowest BCUT2D eigenvalue weighted by atomic mass is 9.94. The Morgan fingerprint density at radius 2 is 0.519 bits per heavy atom. The summed E-state index contributed by atoms with van der Waals surface area (Å²) >= 11 is 0. The fourth-order valence-corrected chi connectivity index (χ4v) is 14.5. The summed E-state index contributed by atoms with van der Waals surface area (Å²) in [7, 11) is -2.03. The molecule has 0 heterocycles. The first-order valence-electron chi connectivity index (χ1n) is 18.6. The Bertz CT molecular complexity index is 2220. The lowest BCUT2D eigenvalue weighted by Gasteiger charge is -2.29. The molecular weight excluding hydrogens is 705 g/mol. The van der Waals surface area contributed by atoms with Crippen molar-refractivity contribution in [1.82, 2.24) is 0 Å². The second-order valence-corrected chi connectivity index (χ2v) is 20.0. The fraction of sp³-hybridized carbons (Fsp3) is 0.0588. The molecule has 0 atom stereocenters. The van der Waals surface area contributed by atoms with Gasteiger partial charge in [-0.15, -0.1) is 0 Å². The van der Waals surface area contributed by atoms with Gasteiger partial charge in [-0.1, -0.05) is 224 Å². The summed E-state index contributed by atoms with van der Waals surface area (Å²) in [6.45, 7) is 0. The zero-order valence-electron chi connectivity index (χ0n) is 30.3. The summed E-state index contributed by atoms with van der Waals surface area (Å²) in [5.74, 6) is 0. The van der Waals surface area contributed by atoms with E-state index in [-0.39, 0.29) is 0 Å². The van der Waals surface area contributed by atoms with Crippen molar-refractivity contribution in [3.8, 4) is 11.1 Å². The summed E-state index contributed by atoms with van der Waals surface area (Å²) < 4.78 is 0. The molecule has 0 unspecified atom stereocenters. The van der Waals surface area contributed by atoms with Crippen LogP contribution in [0.15, 0.2) is 224 Å². The van der Waals surface area contributed by atoms with E-state index in [1.807, 2.05) is 0 Å². The van der Waals surface area contributed by atoms with Crippen LogP contribution in [0.4, 0.5) is 0 Å². The van der Waals surface area contributed by atoms with Crippen LogP contribution in [0.2, 0.25) is 0 Å². The summed E-state index contributed by atoms with van der Waals surface area (Å²) in [6.07, 6.45) is 2.94. The second kappa shape index (κ2) is 17.9. The Morgan fingerprint density at radius 1 is 0.241 bits per heavy atom. The van der Waals surface area contributed by atoms with E-state index < -0.39 is 23.8 Å². The van der Waals surface area contributed by atoms with Crippen LogP contribution in [0.25, 0.3) is 11.1 Å². The Balaban J connectivity index is 1.37. The third-order valence-corrected chi connectivity index (χ3v) is 17.4. The maximum atomic E-state index is 2.49. The van der Waals surface area contributed by atoms with E-state index in [9.17, 15) is 0 Å². The zero-order valence-corrected chi connectivity index (χ0v) is 33.0. The van der Waals surface area contributed by atoms with Gasteiger partial charge < -0.3 is 0 Å². The highest BCUT2D eigenvalue weighted by molar-refractivity contribution is 7.73. The van der Waals surface area contributed by atoms with E-state index in [1.165, 1.54) is 59.6 Å². The molecule has 0 saturated heterocycles. The number of hydrogen-bond acceptors (Lipinski definition) is 0. The molecule has 0 aliphatic heterocycles. The van der Waals surface area contributed by atoms with Gasteiger partial charge in [0, 0.05) is 18.5 Å². The van der Waals surface area contributed by atoms with Crippen molar-refractivity contribution >= 4 is 55.6 Å². The minimum Gasteiger partial charge on any atom is -0.0622 e. The van der Waals surface area contributed by atoms with E-state index >= 15 is 0 Å². The van der Waals surface area contributed by atoms with Crippen molar-refractivity contribution in [3.63, 3.8) is 0 Å². The minimum absolute atomic E-state index is 0.649. The standard InChI is InChI=1S/C51H43P3/c1-8-22-41(23-9-1)49-37-36-42(38-52(43-24-10-2-11-25-43)44-26-12-3-13-27-44)50(39-53(45-28-14-4-15-29-45)46-30-16-5-17-31-46)51(49)40-54(47-32-18-6-19-33-47)48-34-20-7-21-35-48/h1-37H,38-40H2. The first-order valence-corrected chi connectivity index (χ1v) is 23.2. The van der Waals surface area contributed by atoms with Crippen molar-refractivity contribution in [3.05, 3.63) is 241 Å². The lowest BCUT2D eigenvalue weighted by Crippen LogP contribution is -2.18. The quantitative estimate of drug-likeness (QED) is 0.103. The van der Waals surface area contributed by atoms with Gasteiger partial charge in [0.1, 0.15) is 0 Å². The van der Waals surface area contributed by atoms with Gasteiger partial charge in [0.15, 0.2) is 0 Å². The van der Waals surface area contributed by atoms with Gasteiger partial charge in [0.2, 0.25) is 0 Å². The monoisotopic (exact) mass is 748 g/mol. The number of hydrogen-bond donors (Lipinski definition) is 0. The first-order chi connectivity index (χ1) is 26.8. The molecule has 0 aliphatic rings. The predicted molar refractivity (Wildman–Crippen MR) is 240 cm³/mol. The Hall–Kier alpha value is -4.95. The van der Waals surface area contributed by atoms with E-state index in [0.29, 0.717) is 0 Å². The van der Waals surface area contributed by atoms with Gasteiger partial charge in [0.25, 0.3) is 0 Å². The van der Waals surface area contributed by atoms with Crippen molar-refractivity contribution in [2.45, 2.75) is 18.5 Å². The van der Waals surface area contributed by atoms with E-state index in [2.05, 4.69) is 224 Å². The van der Waals surface area contributed by atoms with E-state index in [0.717, 1.165) is 18.5 Å². The average molecular weight is 749 g/mol. The van der Waals surface area contributed by atoms with Crippen molar-refractivity contribution in [1.29, 1.82) is 0 Å². The molecule has 8 aromatic rings. The molecule has 0 radical (unpaired) electrons. The topological polar surface area (TPSA) is 0 Å².